The van der Waals surface area contributed by atoms with Gasteiger partial charge in [0, 0.05) is 0 Å². The highest BCUT2D eigenvalue weighted by molar-refractivity contribution is 6.15. The maximum atomic E-state index is 12.9. The van der Waals surface area contributed by atoms with Crippen LogP contribution in [0.1, 0.15) is 11.7 Å². The lowest BCUT2D eigenvalue weighted by Gasteiger charge is -2.16. The molecule has 0 saturated heterocycles. The molecule has 2 rings (SSSR count). The van der Waals surface area contributed by atoms with Gasteiger partial charge in [0.2, 0.25) is 6.30 Å². The Hall–Kier alpha value is -0.930. The Kier molecular flexibility index (Phi) is 2.29. The lowest BCUT2D eigenvalue weighted by atomic mass is 10.2. The molecule has 4 heteroatoms. The van der Waals surface area contributed by atoms with Crippen molar-refractivity contribution in [2.24, 2.45) is 4.99 Å². The Morgan fingerprint density at radius 1 is 1.31 bits per heavy atom. The molecule has 2 unspecified atom stereocenters. The van der Waals surface area contributed by atoms with E-state index in [1.165, 1.54) is 6.21 Å². The molecule has 0 fully saturated rings. The smallest absolute Gasteiger partial charge is 0.204 e. The molecule has 0 saturated carbocycles. The van der Waals surface area contributed by atoms with Gasteiger partial charge in [0.25, 0.3) is 0 Å². The van der Waals surface area contributed by atoms with Gasteiger partial charge in [-0.25, -0.2) is 4.39 Å². The quantitative estimate of drug-likeness (QED) is 0.500. The van der Waals surface area contributed by atoms with Crippen molar-refractivity contribution in [2.75, 3.05) is 0 Å². The maximum absolute atomic E-state index is 12.9. The zero-order valence-corrected chi connectivity index (χ0v) is 7.53. The van der Waals surface area contributed by atoms with Gasteiger partial charge in [0.1, 0.15) is 6.17 Å². The summed E-state index contributed by atoms with van der Waals surface area (Å²) in [5.41, 5.74) is 0.897. The van der Waals surface area contributed by atoms with E-state index in [1.54, 1.807) is 0 Å². The molecule has 0 N–H and O–H groups in total. The molecule has 68 valence electrons. The minimum absolute atomic E-state index is 0.391. The minimum Gasteiger partial charge on any atom is -0.268 e. The predicted molar refractivity (Wildman–Crippen MR) is 50.3 cm³/mol. The second-order valence-corrected chi connectivity index (χ2v) is 3.19. The molecular weight excluding hydrogens is 191 g/mol. The third-order valence-electron chi connectivity index (χ3n) is 1.92. The normalized spacial score (nSPS) is 28.2. The van der Waals surface area contributed by atoms with Gasteiger partial charge in [-0.1, -0.05) is 30.3 Å². The van der Waals surface area contributed by atoms with Crippen molar-refractivity contribution < 1.29 is 4.39 Å². The van der Waals surface area contributed by atoms with E-state index in [0.29, 0.717) is 0 Å². The standard InChI is InChI=1S/C9H8ClFN2/c10-13-8(11)6-12-9(13)7-4-2-1-3-5-7/h1-6,8-9H. The lowest BCUT2D eigenvalue weighted by Crippen LogP contribution is -2.20. The average molecular weight is 199 g/mol. The van der Waals surface area contributed by atoms with Gasteiger partial charge in [-0.2, -0.15) is 4.42 Å². The summed E-state index contributed by atoms with van der Waals surface area (Å²) in [5.74, 6) is 0. The van der Waals surface area contributed by atoms with E-state index in [-0.39, 0.29) is 0 Å². The second kappa shape index (κ2) is 3.44. The minimum atomic E-state index is -1.29. The Bertz CT molecular complexity index is 315. The summed E-state index contributed by atoms with van der Waals surface area (Å²) in [6.45, 7) is 0. The monoisotopic (exact) mass is 198 g/mol. The summed E-state index contributed by atoms with van der Waals surface area (Å²) < 4.78 is 14.0. The van der Waals surface area contributed by atoms with Crippen LogP contribution in [0.15, 0.2) is 35.3 Å². The Labute approximate surface area is 80.8 Å². The predicted octanol–water partition coefficient (Wildman–Crippen LogP) is 2.52. The maximum Gasteiger partial charge on any atom is 0.204 e. The van der Waals surface area contributed by atoms with E-state index in [1.807, 2.05) is 30.3 Å². The van der Waals surface area contributed by atoms with Gasteiger partial charge in [-0.3, -0.25) is 4.99 Å². The van der Waals surface area contributed by atoms with Crippen molar-refractivity contribution in [3.05, 3.63) is 35.9 Å². The molecule has 1 heterocycles. The molecule has 0 spiro atoms. The number of benzene rings is 1. The first-order valence-electron chi connectivity index (χ1n) is 3.95. The van der Waals surface area contributed by atoms with Crippen molar-refractivity contribution in [1.29, 1.82) is 0 Å². The van der Waals surface area contributed by atoms with Crippen molar-refractivity contribution >= 4 is 18.0 Å². The van der Waals surface area contributed by atoms with Crippen LogP contribution in [-0.2, 0) is 0 Å². The third kappa shape index (κ3) is 1.57. The molecule has 0 amide bonds. The zero-order chi connectivity index (χ0) is 9.26. The van der Waals surface area contributed by atoms with Gasteiger partial charge >= 0.3 is 0 Å². The van der Waals surface area contributed by atoms with Crippen molar-refractivity contribution in [3.63, 3.8) is 0 Å². The van der Waals surface area contributed by atoms with E-state index in [9.17, 15) is 4.39 Å². The Morgan fingerprint density at radius 3 is 2.54 bits per heavy atom. The van der Waals surface area contributed by atoms with Crippen molar-refractivity contribution in [3.8, 4) is 0 Å². The summed E-state index contributed by atoms with van der Waals surface area (Å²) in [6, 6.07) is 9.39. The SMILES string of the molecule is FC1C=NC(c2ccccc2)N1Cl. The van der Waals surface area contributed by atoms with E-state index in [2.05, 4.69) is 4.99 Å². The Balaban J connectivity index is 2.24. The number of rotatable bonds is 1. The first-order chi connectivity index (χ1) is 6.29. The van der Waals surface area contributed by atoms with E-state index >= 15 is 0 Å². The van der Waals surface area contributed by atoms with E-state index in [4.69, 9.17) is 11.8 Å². The first-order valence-corrected chi connectivity index (χ1v) is 4.29. The molecule has 1 aliphatic rings. The average Bonchev–Trinajstić information content (AvgIpc) is 2.49. The number of aliphatic imine (C=N–C) groups is 1. The molecule has 2 atom stereocenters. The molecule has 2 nitrogen and oxygen atoms in total. The van der Waals surface area contributed by atoms with E-state index in [0.717, 1.165) is 9.98 Å². The Morgan fingerprint density at radius 2 is 2.00 bits per heavy atom. The zero-order valence-electron chi connectivity index (χ0n) is 6.77. The van der Waals surface area contributed by atoms with Crippen LogP contribution in [0.25, 0.3) is 0 Å². The summed E-state index contributed by atoms with van der Waals surface area (Å²) >= 11 is 5.70. The summed E-state index contributed by atoms with van der Waals surface area (Å²) in [4.78, 5) is 3.96. The second-order valence-electron chi connectivity index (χ2n) is 2.80. The number of hydrogen-bond acceptors (Lipinski definition) is 2. The van der Waals surface area contributed by atoms with Gasteiger partial charge in [0.15, 0.2) is 0 Å². The number of halogens is 2. The third-order valence-corrected chi connectivity index (χ3v) is 2.29. The topological polar surface area (TPSA) is 15.6 Å². The fourth-order valence-electron chi connectivity index (χ4n) is 1.27. The molecule has 0 radical (unpaired) electrons. The van der Waals surface area contributed by atoms with Crippen LogP contribution >= 0.6 is 11.8 Å². The van der Waals surface area contributed by atoms with Crippen molar-refractivity contribution in [2.45, 2.75) is 12.5 Å². The molecule has 0 aromatic heterocycles. The molecular formula is C9H8ClFN2. The summed E-state index contributed by atoms with van der Waals surface area (Å²) in [6.07, 6.45) is -0.463. The highest BCUT2D eigenvalue weighted by atomic mass is 35.5. The number of nitrogens with zero attached hydrogens (tertiary/aromatic N) is 2. The van der Waals surface area contributed by atoms with Gasteiger partial charge < -0.3 is 0 Å². The number of alkyl halides is 1. The van der Waals surface area contributed by atoms with Crippen LogP contribution in [0, 0.1) is 0 Å². The largest absolute Gasteiger partial charge is 0.268 e. The number of hydrogen-bond donors (Lipinski definition) is 0. The molecule has 13 heavy (non-hydrogen) atoms. The van der Waals surface area contributed by atoms with Crippen LogP contribution in [-0.4, -0.2) is 16.9 Å². The van der Waals surface area contributed by atoms with Crippen molar-refractivity contribution in [1.82, 2.24) is 4.42 Å². The summed E-state index contributed by atoms with van der Waals surface area (Å²) in [5, 5.41) is 0. The van der Waals surface area contributed by atoms with Gasteiger partial charge in [-0.15, -0.1) is 0 Å². The van der Waals surface area contributed by atoms with Gasteiger partial charge in [-0.05, 0) is 17.3 Å². The highest BCUT2D eigenvalue weighted by Gasteiger charge is 2.29. The molecule has 1 aromatic rings. The van der Waals surface area contributed by atoms with Gasteiger partial charge in [0.05, 0.1) is 6.21 Å². The van der Waals surface area contributed by atoms with Crippen LogP contribution in [0.4, 0.5) is 4.39 Å². The summed E-state index contributed by atoms with van der Waals surface area (Å²) in [7, 11) is 0. The fourth-order valence-corrected chi connectivity index (χ4v) is 1.48. The fraction of sp³-hybridized carbons (Fsp3) is 0.222. The van der Waals surface area contributed by atoms with Crippen LogP contribution in [0.5, 0.6) is 0 Å². The molecule has 0 bridgehead atoms. The first kappa shape index (κ1) is 8.66. The molecule has 1 aromatic carbocycles. The van der Waals surface area contributed by atoms with Crippen LogP contribution in [0.3, 0.4) is 0 Å². The van der Waals surface area contributed by atoms with E-state index < -0.39 is 12.5 Å². The molecule has 1 aliphatic heterocycles. The van der Waals surface area contributed by atoms with Crippen LogP contribution in [0.2, 0.25) is 0 Å². The lowest BCUT2D eigenvalue weighted by molar-refractivity contribution is 0.223. The highest BCUT2D eigenvalue weighted by Crippen LogP contribution is 2.30. The molecule has 0 aliphatic carbocycles. The van der Waals surface area contributed by atoms with Crippen LogP contribution < -0.4 is 0 Å².